The van der Waals surface area contributed by atoms with Crippen LogP contribution in [-0.4, -0.2) is 62.1 Å². The number of para-hydroxylation sites is 1. The molecule has 1 fully saturated rings. The fourth-order valence-corrected chi connectivity index (χ4v) is 3.03. The van der Waals surface area contributed by atoms with Gasteiger partial charge < -0.3 is 21.1 Å². The van der Waals surface area contributed by atoms with Gasteiger partial charge in [0.1, 0.15) is 11.9 Å². The molecule has 0 radical (unpaired) electrons. The Morgan fingerprint density at radius 3 is 2.69 bits per heavy atom. The van der Waals surface area contributed by atoms with E-state index in [1.165, 1.54) is 0 Å². The van der Waals surface area contributed by atoms with Crippen molar-refractivity contribution >= 4 is 11.9 Å². The predicted molar refractivity (Wildman–Crippen MR) is 104 cm³/mol. The topological polar surface area (TPSA) is 92.0 Å². The molecule has 1 aromatic carbocycles. The molecule has 7 heteroatoms. The number of carbonyl (C=O) groups excluding carboxylic acids is 1. The summed E-state index contributed by atoms with van der Waals surface area (Å²) in [6.07, 6.45) is 1.94. The lowest BCUT2D eigenvalue weighted by Crippen LogP contribution is -2.50. The molecule has 2 rings (SSSR count). The average molecular weight is 361 g/mol. The number of primary amides is 1. The van der Waals surface area contributed by atoms with E-state index in [9.17, 15) is 4.79 Å². The molecule has 1 aliphatic heterocycles. The fourth-order valence-electron chi connectivity index (χ4n) is 3.03. The number of guanidine groups is 1. The predicted octanol–water partition coefficient (Wildman–Crippen LogP) is 0.877. The number of amides is 1. The van der Waals surface area contributed by atoms with Crippen molar-refractivity contribution in [2.75, 3.05) is 33.2 Å². The standard InChI is InChI=1S/C19H31N5O2/c1-14-6-4-5-7-17(14)26-15(2)12-22-19(21-3)23-16-8-10-24(11-9-16)13-18(20)25/h4-7,15-16H,8-13H2,1-3H3,(H2,20,25)(H2,21,22,23). The Bertz CT molecular complexity index is 612. The number of aliphatic imine (C=N–C) groups is 1. The summed E-state index contributed by atoms with van der Waals surface area (Å²) >= 11 is 0. The number of rotatable bonds is 7. The van der Waals surface area contributed by atoms with Gasteiger partial charge in [0.05, 0.1) is 13.1 Å². The Kier molecular flexibility index (Phi) is 7.72. The number of likely N-dealkylation sites (tertiary alicyclic amines) is 1. The number of nitrogens with zero attached hydrogens (tertiary/aromatic N) is 2. The van der Waals surface area contributed by atoms with Gasteiger partial charge in [-0.3, -0.25) is 14.7 Å². The van der Waals surface area contributed by atoms with Crippen LogP contribution in [-0.2, 0) is 4.79 Å². The highest BCUT2D eigenvalue weighted by atomic mass is 16.5. The molecule has 1 atom stereocenters. The zero-order valence-corrected chi connectivity index (χ0v) is 16.0. The summed E-state index contributed by atoms with van der Waals surface area (Å²) in [7, 11) is 1.77. The normalized spacial score (nSPS) is 17.6. The van der Waals surface area contributed by atoms with Crippen molar-refractivity contribution in [2.45, 2.75) is 38.8 Å². The monoisotopic (exact) mass is 361 g/mol. The second-order valence-corrected chi connectivity index (χ2v) is 6.81. The van der Waals surface area contributed by atoms with Gasteiger partial charge in [0, 0.05) is 26.2 Å². The number of aryl methyl sites for hydroxylation is 1. The highest BCUT2D eigenvalue weighted by Crippen LogP contribution is 2.17. The zero-order valence-electron chi connectivity index (χ0n) is 16.0. The quantitative estimate of drug-likeness (QED) is 0.495. The van der Waals surface area contributed by atoms with Crippen LogP contribution in [0.3, 0.4) is 0 Å². The molecule has 0 spiro atoms. The van der Waals surface area contributed by atoms with Gasteiger partial charge in [-0.15, -0.1) is 0 Å². The lowest BCUT2D eigenvalue weighted by atomic mass is 10.1. The molecule has 0 bridgehead atoms. The molecule has 26 heavy (non-hydrogen) atoms. The maximum absolute atomic E-state index is 11.0. The van der Waals surface area contributed by atoms with Crippen molar-refractivity contribution in [2.24, 2.45) is 10.7 Å². The molecular weight excluding hydrogens is 330 g/mol. The molecule has 1 aliphatic rings. The third-order valence-corrected chi connectivity index (χ3v) is 4.51. The first-order valence-corrected chi connectivity index (χ1v) is 9.18. The Hall–Kier alpha value is -2.28. The summed E-state index contributed by atoms with van der Waals surface area (Å²) in [6.45, 7) is 6.81. The molecule has 1 unspecified atom stereocenters. The van der Waals surface area contributed by atoms with Gasteiger partial charge in [-0.2, -0.15) is 0 Å². The maximum Gasteiger partial charge on any atom is 0.231 e. The van der Waals surface area contributed by atoms with Gasteiger partial charge in [0.2, 0.25) is 5.91 Å². The molecule has 1 heterocycles. The lowest BCUT2D eigenvalue weighted by molar-refractivity contribution is -0.119. The van der Waals surface area contributed by atoms with Crippen LogP contribution in [0.15, 0.2) is 29.3 Å². The van der Waals surface area contributed by atoms with Crippen LogP contribution in [0, 0.1) is 6.92 Å². The SMILES string of the molecule is CN=C(NCC(C)Oc1ccccc1C)NC1CCN(CC(N)=O)CC1. The van der Waals surface area contributed by atoms with E-state index in [2.05, 4.69) is 20.5 Å². The summed E-state index contributed by atoms with van der Waals surface area (Å²) in [5.74, 6) is 1.42. The number of hydrogen-bond acceptors (Lipinski definition) is 4. The van der Waals surface area contributed by atoms with Crippen molar-refractivity contribution in [3.63, 3.8) is 0 Å². The Morgan fingerprint density at radius 2 is 2.08 bits per heavy atom. The molecule has 144 valence electrons. The molecule has 0 aromatic heterocycles. The van der Waals surface area contributed by atoms with E-state index in [-0.39, 0.29) is 12.0 Å². The first kappa shape index (κ1) is 20.0. The summed E-state index contributed by atoms with van der Waals surface area (Å²) in [5.41, 5.74) is 6.38. The molecule has 1 aromatic rings. The second-order valence-electron chi connectivity index (χ2n) is 6.81. The Morgan fingerprint density at radius 1 is 1.38 bits per heavy atom. The van der Waals surface area contributed by atoms with E-state index < -0.39 is 0 Å². The largest absolute Gasteiger partial charge is 0.489 e. The van der Waals surface area contributed by atoms with Crippen LogP contribution >= 0.6 is 0 Å². The summed E-state index contributed by atoms with van der Waals surface area (Å²) in [4.78, 5) is 17.4. The third kappa shape index (κ3) is 6.55. The van der Waals surface area contributed by atoms with Gasteiger partial charge in [-0.1, -0.05) is 18.2 Å². The number of nitrogens with one attached hydrogen (secondary N) is 2. The summed E-state index contributed by atoms with van der Waals surface area (Å²) in [6, 6.07) is 8.36. The Balaban J connectivity index is 1.73. The molecule has 4 N–H and O–H groups in total. The number of carbonyl (C=O) groups is 1. The number of nitrogens with two attached hydrogens (primary N) is 1. The first-order chi connectivity index (χ1) is 12.5. The zero-order chi connectivity index (χ0) is 18.9. The average Bonchev–Trinajstić information content (AvgIpc) is 2.61. The van der Waals surface area contributed by atoms with Crippen molar-refractivity contribution in [3.05, 3.63) is 29.8 Å². The van der Waals surface area contributed by atoms with E-state index in [4.69, 9.17) is 10.5 Å². The van der Waals surface area contributed by atoms with Crippen LogP contribution in [0.5, 0.6) is 5.75 Å². The van der Waals surface area contributed by atoms with Crippen molar-refractivity contribution < 1.29 is 9.53 Å². The van der Waals surface area contributed by atoms with E-state index in [1.807, 2.05) is 38.1 Å². The van der Waals surface area contributed by atoms with E-state index in [0.29, 0.717) is 19.1 Å². The second kappa shape index (κ2) is 10.0. The molecule has 1 saturated heterocycles. The van der Waals surface area contributed by atoms with E-state index in [1.54, 1.807) is 7.05 Å². The highest BCUT2D eigenvalue weighted by Gasteiger charge is 2.21. The molecular formula is C19H31N5O2. The van der Waals surface area contributed by atoms with Crippen LogP contribution in [0.25, 0.3) is 0 Å². The van der Waals surface area contributed by atoms with Crippen molar-refractivity contribution in [3.8, 4) is 5.75 Å². The molecule has 1 amide bonds. The first-order valence-electron chi connectivity index (χ1n) is 9.18. The third-order valence-electron chi connectivity index (χ3n) is 4.51. The van der Waals surface area contributed by atoms with Gasteiger partial charge >= 0.3 is 0 Å². The smallest absolute Gasteiger partial charge is 0.231 e. The molecule has 7 nitrogen and oxygen atoms in total. The summed E-state index contributed by atoms with van der Waals surface area (Å²) < 4.78 is 5.99. The molecule has 0 saturated carbocycles. The maximum atomic E-state index is 11.0. The van der Waals surface area contributed by atoms with Gasteiger partial charge in [-0.05, 0) is 38.3 Å². The van der Waals surface area contributed by atoms with Crippen LogP contribution < -0.4 is 21.1 Å². The van der Waals surface area contributed by atoms with Gasteiger partial charge in [0.15, 0.2) is 5.96 Å². The van der Waals surface area contributed by atoms with Crippen LogP contribution in [0.4, 0.5) is 0 Å². The van der Waals surface area contributed by atoms with Crippen molar-refractivity contribution in [1.29, 1.82) is 0 Å². The van der Waals surface area contributed by atoms with Crippen LogP contribution in [0.2, 0.25) is 0 Å². The van der Waals surface area contributed by atoms with Crippen molar-refractivity contribution in [1.82, 2.24) is 15.5 Å². The molecule has 0 aliphatic carbocycles. The number of benzene rings is 1. The minimum absolute atomic E-state index is 0.0204. The van der Waals surface area contributed by atoms with Gasteiger partial charge in [-0.25, -0.2) is 0 Å². The van der Waals surface area contributed by atoms with Crippen LogP contribution in [0.1, 0.15) is 25.3 Å². The number of hydrogen-bond donors (Lipinski definition) is 3. The fraction of sp³-hybridized carbons (Fsp3) is 0.579. The Labute approximate surface area is 156 Å². The number of ether oxygens (including phenoxy) is 1. The van der Waals surface area contributed by atoms with Gasteiger partial charge in [0.25, 0.3) is 0 Å². The lowest BCUT2D eigenvalue weighted by Gasteiger charge is -2.32. The van der Waals surface area contributed by atoms with E-state index >= 15 is 0 Å². The summed E-state index contributed by atoms with van der Waals surface area (Å²) in [5, 5.41) is 6.78. The van der Waals surface area contributed by atoms with E-state index in [0.717, 1.165) is 43.2 Å². The highest BCUT2D eigenvalue weighted by molar-refractivity contribution is 5.80. The minimum Gasteiger partial charge on any atom is -0.489 e. The number of piperidine rings is 1. The minimum atomic E-state index is -0.267.